The first-order valence-electron chi connectivity index (χ1n) is 6.34. The molecule has 0 saturated heterocycles. The normalized spacial score (nSPS) is 13.4. The Balaban J connectivity index is 0.00000484. The quantitative estimate of drug-likeness (QED) is 0.777. The zero-order chi connectivity index (χ0) is 17.1. The van der Waals surface area contributed by atoms with Crippen LogP contribution >= 0.6 is 12.4 Å². The Morgan fingerprint density at radius 3 is 2.04 bits per heavy atom. The van der Waals surface area contributed by atoms with Crippen molar-refractivity contribution in [2.75, 3.05) is 13.7 Å². The lowest BCUT2D eigenvalue weighted by Crippen LogP contribution is -2.21. The molecule has 4 N–H and O–H groups in total. The van der Waals surface area contributed by atoms with E-state index in [-0.39, 0.29) is 31.4 Å². The largest absolute Gasteiger partial charge is 0.496 e. The molecule has 0 aromatic heterocycles. The summed E-state index contributed by atoms with van der Waals surface area (Å²) in [5.74, 6) is -0.535. The number of benzene rings is 1. The van der Waals surface area contributed by atoms with E-state index in [9.17, 15) is 26.3 Å². The van der Waals surface area contributed by atoms with E-state index in [0.717, 1.165) is 7.11 Å². The molecule has 0 aliphatic rings. The number of hydrogen-bond acceptors (Lipinski definition) is 3. The fourth-order valence-electron chi connectivity index (χ4n) is 2.06. The van der Waals surface area contributed by atoms with Gasteiger partial charge >= 0.3 is 12.4 Å². The number of rotatable bonds is 5. The van der Waals surface area contributed by atoms with Gasteiger partial charge in [-0.1, -0.05) is 0 Å². The minimum atomic E-state index is -4.98. The van der Waals surface area contributed by atoms with Crippen LogP contribution in [0, 0.1) is 0 Å². The van der Waals surface area contributed by atoms with Gasteiger partial charge in [0, 0.05) is 11.6 Å². The number of hydrogen-bond donors (Lipinski definition) is 2. The van der Waals surface area contributed by atoms with Crippen LogP contribution in [-0.2, 0) is 12.4 Å². The Kier molecular flexibility index (Phi) is 7.65. The molecule has 3 nitrogen and oxygen atoms in total. The highest BCUT2D eigenvalue weighted by Crippen LogP contribution is 2.43. The van der Waals surface area contributed by atoms with E-state index in [1.165, 1.54) is 0 Å². The zero-order valence-electron chi connectivity index (χ0n) is 12.1. The highest BCUT2D eigenvalue weighted by Gasteiger charge is 2.40. The molecule has 1 atom stereocenters. The minimum Gasteiger partial charge on any atom is -0.496 e. The summed E-state index contributed by atoms with van der Waals surface area (Å²) in [5, 5.41) is 0. The maximum atomic E-state index is 13.1. The Morgan fingerprint density at radius 1 is 1.09 bits per heavy atom. The molecule has 0 fully saturated rings. The Labute approximate surface area is 135 Å². The fraction of sp³-hybridized carbons (Fsp3) is 0.538. The standard InChI is InChI=1S/C13H16F6N2O.ClH/c1-22-10-6-7(12(14,15)16)5-8(13(17,18)19)11(10)9(21)3-2-4-20;/h5-6,9H,2-4,20-21H2,1H3;1H/t9-;/m1./s1. The third-order valence-electron chi connectivity index (χ3n) is 3.08. The molecule has 1 aromatic carbocycles. The van der Waals surface area contributed by atoms with Crippen LogP contribution in [0.15, 0.2) is 12.1 Å². The van der Waals surface area contributed by atoms with Gasteiger partial charge in [0.1, 0.15) is 5.75 Å². The smallest absolute Gasteiger partial charge is 0.416 e. The van der Waals surface area contributed by atoms with E-state index in [0.29, 0.717) is 12.5 Å². The Bertz CT molecular complexity index is 518. The second-order valence-corrected chi connectivity index (χ2v) is 4.67. The molecule has 0 aliphatic heterocycles. The average molecular weight is 367 g/mol. The van der Waals surface area contributed by atoms with Crippen molar-refractivity contribution < 1.29 is 31.1 Å². The van der Waals surface area contributed by atoms with E-state index in [2.05, 4.69) is 0 Å². The summed E-state index contributed by atoms with van der Waals surface area (Å²) in [4.78, 5) is 0. The topological polar surface area (TPSA) is 61.3 Å². The van der Waals surface area contributed by atoms with E-state index >= 15 is 0 Å². The number of methoxy groups -OCH3 is 1. The van der Waals surface area contributed by atoms with Crippen molar-refractivity contribution >= 4 is 12.4 Å². The van der Waals surface area contributed by atoms with E-state index in [4.69, 9.17) is 16.2 Å². The summed E-state index contributed by atoms with van der Waals surface area (Å²) in [6.45, 7) is 0.206. The van der Waals surface area contributed by atoms with E-state index < -0.39 is 40.8 Å². The Morgan fingerprint density at radius 2 is 1.65 bits per heavy atom. The zero-order valence-corrected chi connectivity index (χ0v) is 12.9. The second-order valence-electron chi connectivity index (χ2n) is 4.67. The summed E-state index contributed by atoms with van der Waals surface area (Å²) in [6, 6.07) is -0.551. The number of halogens is 7. The summed E-state index contributed by atoms with van der Waals surface area (Å²) >= 11 is 0. The number of nitrogens with two attached hydrogens (primary N) is 2. The van der Waals surface area contributed by atoms with Crippen LogP contribution in [0.2, 0.25) is 0 Å². The van der Waals surface area contributed by atoms with Gasteiger partial charge in [-0.2, -0.15) is 26.3 Å². The van der Waals surface area contributed by atoms with Crippen molar-refractivity contribution in [3.05, 3.63) is 28.8 Å². The summed E-state index contributed by atoms with van der Waals surface area (Å²) in [7, 11) is 0.995. The number of alkyl halides is 6. The van der Waals surface area contributed by atoms with Crippen molar-refractivity contribution in [2.24, 2.45) is 11.5 Å². The maximum absolute atomic E-state index is 13.1. The lowest BCUT2D eigenvalue weighted by atomic mass is 9.93. The van der Waals surface area contributed by atoms with Crippen LogP contribution in [0.5, 0.6) is 5.75 Å². The molecule has 0 amide bonds. The third-order valence-corrected chi connectivity index (χ3v) is 3.08. The molecule has 1 aromatic rings. The number of ether oxygens (including phenoxy) is 1. The monoisotopic (exact) mass is 366 g/mol. The molecule has 134 valence electrons. The van der Waals surface area contributed by atoms with Gasteiger partial charge < -0.3 is 16.2 Å². The van der Waals surface area contributed by atoms with Gasteiger partial charge in [0.05, 0.1) is 18.2 Å². The van der Waals surface area contributed by atoms with Gasteiger partial charge in [0.25, 0.3) is 0 Å². The van der Waals surface area contributed by atoms with E-state index in [1.807, 2.05) is 0 Å². The SMILES string of the molecule is COc1cc(C(F)(F)F)cc(C(F)(F)F)c1[C@H](N)CCCN.Cl. The van der Waals surface area contributed by atoms with Crippen molar-refractivity contribution in [1.82, 2.24) is 0 Å². The van der Waals surface area contributed by atoms with Crippen molar-refractivity contribution in [2.45, 2.75) is 31.2 Å². The van der Waals surface area contributed by atoms with Crippen LogP contribution in [-0.4, -0.2) is 13.7 Å². The van der Waals surface area contributed by atoms with E-state index in [1.54, 1.807) is 0 Å². The van der Waals surface area contributed by atoms with Crippen LogP contribution in [0.4, 0.5) is 26.3 Å². The molecule has 0 heterocycles. The summed E-state index contributed by atoms with van der Waals surface area (Å²) < 4.78 is 82.3. The first-order chi connectivity index (χ1) is 10.0. The Hall–Kier alpha value is -1.19. The first-order valence-corrected chi connectivity index (χ1v) is 6.34. The van der Waals surface area contributed by atoms with Gasteiger partial charge in [0.2, 0.25) is 0 Å². The third kappa shape index (κ3) is 5.43. The van der Waals surface area contributed by atoms with Crippen LogP contribution in [0.25, 0.3) is 0 Å². The van der Waals surface area contributed by atoms with Crippen molar-refractivity contribution in [1.29, 1.82) is 0 Å². The van der Waals surface area contributed by atoms with Crippen LogP contribution in [0.1, 0.15) is 35.6 Å². The molecular weight excluding hydrogens is 350 g/mol. The highest BCUT2D eigenvalue weighted by molar-refractivity contribution is 5.85. The molecule has 23 heavy (non-hydrogen) atoms. The van der Waals surface area contributed by atoms with Gasteiger partial charge in [-0.15, -0.1) is 12.4 Å². The highest BCUT2D eigenvalue weighted by atomic mass is 35.5. The maximum Gasteiger partial charge on any atom is 0.416 e. The average Bonchev–Trinajstić information content (AvgIpc) is 2.41. The molecule has 0 aliphatic carbocycles. The molecule has 0 saturated carbocycles. The lowest BCUT2D eigenvalue weighted by Gasteiger charge is -2.23. The van der Waals surface area contributed by atoms with Crippen molar-refractivity contribution in [3.8, 4) is 5.75 Å². The fourth-order valence-corrected chi connectivity index (χ4v) is 2.06. The molecule has 10 heteroatoms. The van der Waals surface area contributed by atoms with Gasteiger partial charge in [-0.25, -0.2) is 0 Å². The molecule has 1 rings (SSSR count). The van der Waals surface area contributed by atoms with Gasteiger partial charge in [-0.05, 0) is 31.5 Å². The van der Waals surface area contributed by atoms with Gasteiger partial charge in [0.15, 0.2) is 0 Å². The molecule has 0 bridgehead atoms. The molecule has 0 spiro atoms. The van der Waals surface area contributed by atoms with Crippen LogP contribution < -0.4 is 16.2 Å². The predicted molar refractivity (Wildman–Crippen MR) is 75.5 cm³/mol. The summed E-state index contributed by atoms with van der Waals surface area (Å²) in [5.41, 5.74) is 7.60. The minimum absolute atomic E-state index is 0. The molecular formula is C13H17ClF6N2O. The second kappa shape index (κ2) is 8.07. The van der Waals surface area contributed by atoms with Crippen LogP contribution in [0.3, 0.4) is 0 Å². The molecule has 0 radical (unpaired) electrons. The predicted octanol–water partition coefficient (Wildman–Crippen LogP) is 3.89. The lowest BCUT2D eigenvalue weighted by molar-refractivity contribution is -0.143. The molecule has 0 unspecified atom stereocenters. The van der Waals surface area contributed by atoms with Gasteiger partial charge in [-0.3, -0.25) is 0 Å². The summed E-state index contributed by atoms with van der Waals surface area (Å²) in [6.07, 6.45) is -9.47. The van der Waals surface area contributed by atoms with Crippen molar-refractivity contribution in [3.63, 3.8) is 0 Å². The first kappa shape index (κ1) is 21.8.